The van der Waals surface area contributed by atoms with E-state index in [4.69, 9.17) is 5.14 Å². The minimum absolute atomic E-state index is 0.0896. The van der Waals surface area contributed by atoms with Crippen molar-refractivity contribution in [3.05, 3.63) is 39.4 Å². The third-order valence-electron chi connectivity index (χ3n) is 2.34. The van der Waals surface area contributed by atoms with Gasteiger partial charge in [-0.1, -0.05) is 6.07 Å². The van der Waals surface area contributed by atoms with Crippen LogP contribution in [0.4, 0.5) is 5.69 Å². The number of aryl methyl sites for hydroxylation is 1. The molecule has 104 valence electrons. The van der Waals surface area contributed by atoms with Crippen LogP contribution in [-0.4, -0.2) is 31.5 Å². The molecule has 1 aromatic carbocycles. The van der Waals surface area contributed by atoms with Crippen molar-refractivity contribution < 1.29 is 18.1 Å². The van der Waals surface area contributed by atoms with Crippen LogP contribution in [0.5, 0.6) is 0 Å². The van der Waals surface area contributed by atoms with Crippen molar-refractivity contribution in [2.45, 2.75) is 6.92 Å². The van der Waals surface area contributed by atoms with E-state index in [0.717, 1.165) is 6.07 Å². The molecule has 1 aromatic rings. The molecule has 0 aliphatic heterocycles. The molecule has 0 atom stereocenters. The summed E-state index contributed by atoms with van der Waals surface area (Å²) < 4.78 is 21.3. The van der Waals surface area contributed by atoms with E-state index < -0.39 is 26.6 Å². The standard InChI is InChI=1S/C10H13N3O5S/c1-7-2-3-8(6-9(7)13(15)16)10(14)12-4-5-19(11,17)18/h2-3,6H,4-5H2,1H3,(H,12,14)(H2,11,17,18). The maximum atomic E-state index is 11.6. The van der Waals surface area contributed by atoms with Crippen LogP contribution < -0.4 is 10.5 Å². The molecule has 1 rings (SSSR count). The van der Waals surface area contributed by atoms with E-state index in [0.29, 0.717) is 5.56 Å². The number of sulfonamides is 1. The Morgan fingerprint density at radius 1 is 1.47 bits per heavy atom. The smallest absolute Gasteiger partial charge is 0.273 e. The molecule has 0 fully saturated rings. The number of nitrogens with zero attached hydrogens (tertiary/aromatic N) is 1. The third kappa shape index (κ3) is 4.64. The fourth-order valence-corrected chi connectivity index (χ4v) is 1.74. The Balaban J connectivity index is 2.78. The number of carbonyl (C=O) groups excluding carboxylic acids is 1. The summed E-state index contributed by atoms with van der Waals surface area (Å²) in [5.74, 6) is -0.987. The normalized spacial score (nSPS) is 11.1. The number of nitrogens with one attached hydrogen (secondary N) is 1. The highest BCUT2D eigenvalue weighted by Crippen LogP contribution is 2.19. The highest BCUT2D eigenvalue weighted by molar-refractivity contribution is 7.89. The number of hydrogen-bond donors (Lipinski definition) is 2. The van der Waals surface area contributed by atoms with Gasteiger partial charge in [0.2, 0.25) is 10.0 Å². The van der Waals surface area contributed by atoms with Crippen LogP contribution in [0.1, 0.15) is 15.9 Å². The van der Waals surface area contributed by atoms with Crippen LogP contribution in [-0.2, 0) is 10.0 Å². The van der Waals surface area contributed by atoms with E-state index in [1.165, 1.54) is 12.1 Å². The van der Waals surface area contributed by atoms with Crippen LogP contribution in [0, 0.1) is 17.0 Å². The van der Waals surface area contributed by atoms with Crippen molar-refractivity contribution in [2.75, 3.05) is 12.3 Å². The number of hydrogen-bond acceptors (Lipinski definition) is 5. The summed E-state index contributed by atoms with van der Waals surface area (Å²) in [5, 5.41) is 17.8. The number of nitro benzene ring substituents is 1. The van der Waals surface area contributed by atoms with Crippen LogP contribution in [0.2, 0.25) is 0 Å². The molecule has 0 saturated carbocycles. The average molecular weight is 287 g/mol. The summed E-state index contributed by atoms with van der Waals surface area (Å²) in [4.78, 5) is 21.8. The minimum atomic E-state index is -3.65. The molecule has 0 saturated heterocycles. The van der Waals surface area contributed by atoms with Gasteiger partial charge in [0.25, 0.3) is 11.6 Å². The van der Waals surface area contributed by atoms with Crippen LogP contribution in [0.3, 0.4) is 0 Å². The van der Waals surface area contributed by atoms with Crippen LogP contribution in [0.15, 0.2) is 18.2 Å². The zero-order valence-electron chi connectivity index (χ0n) is 10.1. The second-order valence-corrected chi connectivity index (χ2v) is 5.62. The molecule has 8 nitrogen and oxygen atoms in total. The van der Waals surface area contributed by atoms with Crippen molar-refractivity contribution in [3.8, 4) is 0 Å². The molecule has 0 aliphatic rings. The largest absolute Gasteiger partial charge is 0.351 e. The minimum Gasteiger partial charge on any atom is -0.351 e. The Labute approximate surface area is 109 Å². The lowest BCUT2D eigenvalue weighted by Gasteiger charge is -2.05. The Bertz CT molecular complexity index is 612. The second-order valence-electron chi connectivity index (χ2n) is 3.88. The van der Waals surface area contributed by atoms with Gasteiger partial charge in [-0.3, -0.25) is 14.9 Å². The Morgan fingerprint density at radius 2 is 2.11 bits per heavy atom. The molecule has 0 unspecified atom stereocenters. The summed E-state index contributed by atoms with van der Waals surface area (Å²) in [6.07, 6.45) is 0. The molecule has 3 N–H and O–H groups in total. The predicted octanol–water partition coefficient (Wildman–Crippen LogP) is -0.0785. The molecule has 0 radical (unpaired) electrons. The van der Waals surface area contributed by atoms with E-state index in [1.54, 1.807) is 6.92 Å². The molecule has 9 heteroatoms. The summed E-state index contributed by atoms with van der Waals surface area (Å²) in [5.41, 5.74) is 0.358. The maximum absolute atomic E-state index is 11.6. The number of benzene rings is 1. The first-order valence-electron chi connectivity index (χ1n) is 5.24. The lowest BCUT2D eigenvalue weighted by Crippen LogP contribution is -2.31. The van der Waals surface area contributed by atoms with Crippen molar-refractivity contribution in [1.82, 2.24) is 5.32 Å². The highest BCUT2D eigenvalue weighted by atomic mass is 32.2. The van der Waals surface area contributed by atoms with Crippen molar-refractivity contribution >= 4 is 21.6 Å². The first-order valence-corrected chi connectivity index (χ1v) is 6.96. The zero-order valence-corrected chi connectivity index (χ0v) is 10.9. The van der Waals surface area contributed by atoms with E-state index in [9.17, 15) is 23.3 Å². The first-order chi connectivity index (χ1) is 8.70. The van der Waals surface area contributed by atoms with E-state index >= 15 is 0 Å². The molecular weight excluding hydrogens is 274 g/mol. The monoisotopic (exact) mass is 287 g/mol. The van der Waals surface area contributed by atoms with Gasteiger partial charge >= 0.3 is 0 Å². The van der Waals surface area contributed by atoms with Crippen molar-refractivity contribution in [3.63, 3.8) is 0 Å². The van der Waals surface area contributed by atoms with Gasteiger partial charge in [-0.05, 0) is 13.0 Å². The van der Waals surface area contributed by atoms with Gasteiger partial charge in [0.1, 0.15) is 0 Å². The van der Waals surface area contributed by atoms with Crippen molar-refractivity contribution in [1.29, 1.82) is 0 Å². The van der Waals surface area contributed by atoms with E-state index in [2.05, 4.69) is 5.32 Å². The summed E-state index contributed by atoms with van der Waals surface area (Å²) >= 11 is 0. The topological polar surface area (TPSA) is 132 Å². The molecule has 0 aliphatic carbocycles. The number of nitrogens with two attached hydrogens (primary N) is 1. The van der Waals surface area contributed by atoms with Gasteiger partial charge in [-0.15, -0.1) is 0 Å². The Hall–Kier alpha value is -2.00. The molecule has 0 heterocycles. The molecule has 19 heavy (non-hydrogen) atoms. The van der Waals surface area contributed by atoms with Gasteiger partial charge in [-0.25, -0.2) is 13.6 Å². The predicted molar refractivity (Wildman–Crippen MR) is 68.1 cm³/mol. The van der Waals surface area contributed by atoms with E-state index in [1.807, 2.05) is 0 Å². The van der Waals surface area contributed by atoms with Crippen LogP contribution in [0.25, 0.3) is 0 Å². The fourth-order valence-electron chi connectivity index (χ4n) is 1.36. The van der Waals surface area contributed by atoms with Gasteiger partial charge in [0, 0.05) is 23.7 Å². The summed E-state index contributed by atoms with van der Waals surface area (Å²) in [6, 6.07) is 4.02. The maximum Gasteiger partial charge on any atom is 0.273 e. The van der Waals surface area contributed by atoms with Crippen LogP contribution >= 0.6 is 0 Å². The van der Waals surface area contributed by atoms with Gasteiger partial charge < -0.3 is 5.32 Å². The third-order valence-corrected chi connectivity index (χ3v) is 3.11. The molecular formula is C10H13N3O5S. The molecule has 0 aromatic heterocycles. The first kappa shape index (κ1) is 15.1. The molecule has 1 amide bonds. The average Bonchev–Trinajstić information content (AvgIpc) is 2.27. The lowest BCUT2D eigenvalue weighted by molar-refractivity contribution is -0.385. The van der Waals surface area contributed by atoms with Crippen molar-refractivity contribution in [2.24, 2.45) is 5.14 Å². The Kier molecular flexibility index (Phi) is 4.57. The number of amides is 1. The lowest BCUT2D eigenvalue weighted by atomic mass is 10.1. The zero-order chi connectivity index (χ0) is 14.6. The number of carbonyl (C=O) groups is 1. The summed E-state index contributed by atoms with van der Waals surface area (Å²) in [6.45, 7) is 1.40. The molecule has 0 spiro atoms. The SMILES string of the molecule is Cc1ccc(C(=O)NCCS(N)(=O)=O)cc1[N+](=O)[O-]. The molecule has 0 bridgehead atoms. The fraction of sp³-hybridized carbons (Fsp3) is 0.300. The summed E-state index contributed by atoms with van der Waals surface area (Å²) in [7, 11) is -3.65. The number of primary sulfonamides is 1. The van der Waals surface area contributed by atoms with Gasteiger partial charge in [-0.2, -0.15) is 0 Å². The Morgan fingerprint density at radius 3 is 2.63 bits per heavy atom. The quantitative estimate of drug-likeness (QED) is 0.577. The highest BCUT2D eigenvalue weighted by Gasteiger charge is 2.15. The second kappa shape index (κ2) is 5.76. The van der Waals surface area contributed by atoms with Gasteiger partial charge in [0.15, 0.2) is 0 Å². The number of nitro groups is 1. The van der Waals surface area contributed by atoms with E-state index in [-0.39, 0.29) is 17.8 Å². The number of rotatable bonds is 5. The van der Waals surface area contributed by atoms with Gasteiger partial charge in [0.05, 0.1) is 10.7 Å².